The summed E-state index contributed by atoms with van der Waals surface area (Å²) in [7, 11) is 1.72. The second-order valence-corrected chi connectivity index (χ2v) is 3.49. The molecule has 1 heteroatoms. The monoisotopic (exact) mass is 190 g/mol. The highest BCUT2D eigenvalue weighted by Crippen LogP contribution is 2.24. The maximum atomic E-state index is 5.33. The SMILES string of the molecule is CCC=Cc1cc(C)c(C)cc1OC. The molecule has 0 amide bonds. The van der Waals surface area contributed by atoms with E-state index in [1.54, 1.807) is 7.11 Å². The van der Waals surface area contributed by atoms with Crippen molar-refractivity contribution in [3.8, 4) is 5.75 Å². The highest BCUT2D eigenvalue weighted by molar-refractivity contribution is 5.59. The van der Waals surface area contributed by atoms with Gasteiger partial charge in [-0.25, -0.2) is 0 Å². The molecule has 0 unspecified atom stereocenters. The van der Waals surface area contributed by atoms with Gasteiger partial charge in [-0.2, -0.15) is 0 Å². The van der Waals surface area contributed by atoms with Crippen LogP contribution in [0.1, 0.15) is 30.0 Å². The van der Waals surface area contributed by atoms with Crippen LogP contribution in [0, 0.1) is 13.8 Å². The molecule has 0 N–H and O–H groups in total. The Kier molecular flexibility index (Phi) is 3.75. The minimum atomic E-state index is 0.956. The summed E-state index contributed by atoms with van der Waals surface area (Å²) >= 11 is 0. The zero-order chi connectivity index (χ0) is 10.6. The molecule has 0 fully saturated rings. The lowest BCUT2D eigenvalue weighted by molar-refractivity contribution is 0.413. The smallest absolute Gasteiger partial charge is 0.126 e. The molecule has 0 heterocycles. The van der Waals surface area contributed by atoms with E-state index in [4.69, 9.17) is 4.74 Å². The number of hydrogen-bond donors (Lipinski definition) is 0. The Morgan fingerprint density at radius 3 is 2.43 bits per heavy atom. The van der Waals surface area contributed by atoms with Gasteiger partial charge in [0.1, 0.15) is 5.75 Å². The van der Waals surface area contributed by atoms with E-state index in [2.05, 4.69) is 45.1 Å². The molecular weight excluding hydrogens is 172 g/mol. The van der Waals surface area contributed by atoms with E-state index in [-0.39, 0.29) is 0 Å². The van der Waals surface area contributed by atoms with Crippen LogP contribution in [0.25, 0.3) is 6.08 Å². The molecule has 1 aromatic rings. The van der Waals surface area contributed by atoms with Crippen LogP contribution in [-0.2, 0) is 0 Å². The van der Waals surface area contributed by atoms with Crippen LogP contribution >= 0.6 is 0 Å². The lowest BCUT2D eigenvalue weighted by atomic mass is 10.0. The molecule has 14 heavy (non-hydrogen) atoms. The largest absolute Gasteiger partial charge is 0.496 e. The first-order valence-corrected chi connectivity index (χ1v) is 5.00. The Balaban J connectivity index is 3.13. The van der Waals surface area contributed by atoms with E-state index >= 15 is 0 Å². The molecule has 0 spiro atoms. The van der Waals surface area contributed by atoms with Crippen LogP contribution in [0.3, 0.4) is 0 Å². The molecule has 0 saturated carbocycles. The number of rotatable bonds is 3. The predicted octanol–water partition coefficient (Wildman–Crippen LogP) is 3.74. The number of ether oxygens (including phenoxy) is 1. The van der Waals surface area contributed by atoms with Crippen molar-refractivity contribution in [3.05, 3.63) is 34.9 Å². The van der Waals surface area contributed by atoms with Gasteiger partial charge in [-0.05, 0) is 43.5 Å². The van der Waals surface area contributed by atoms with E-state index in [1.165, 1.54) is 11.1 Å². The first-order valence-electron chi connectivity index (χ1n) is 5.00. The normalized spacial score (nSPS) is 10.9. The van der Waals surface area contributed by atoms with Crippen LogP contribution in [0.5, 0.6) is 5.75 Å². The summed E-state index contributed by atoms with van der Waals surface area (Å²) < 4.78 is 5.33. The molecule has 1 aromatic carbocycles. The van der Waals surface area contributed by atoms with Crippen molar-refractivity contribution in [2.24, 2.45) is 0 Å². The number of hydrogen-bond acceptors (Lipinski definition) is 1. The van der Waals surface area contributed by atoms with E-state index in [0.29, 0.717) is 0 Å². The summed E-state index contributed by atoms with van der Waals surface area (Å²) in [6.07, 6.45) is 5.31. The molecule has 0 aliphatic carbocycles. The molecular formula is C13H18O. The zero-order valence-electron chi connectivity index (χ0n) is 9.42. The highest BCUT2D eigenvalue weighted by atomic mass is 16.5. The van der Waals surface area contributed by atoms with Crippen LogP contribution in [0.4, 0.5) is 0 Å². The Morgan fingerprint density at radius 1 is 1.21 bits per heavy atom. The van der Waals surface area contributed by atoms with Crippen LogP contribution < -0.4 is 4.74 Å². The van der Waals surface area contributed by atoms with Gasteiger partial charge in [-0.15, -0.1) is 0 Å². The second kappa shape index (κ2) is 4.85. The molecule has 0 aromatic heterocycles. The molecule has 0 aliphatic rings. The van der Waals surface area contributed by atoms with E-state index in [0.717, 1.165) is 17.7 Å². The summed E-state index contributed by atoms with van der Waals surface area (Å²) in [4.78, 5) is 0. The molecule has 0 saturated heterocycles. The van der Waals surface area contributed by atoms with Crippen LogP contribution in [-0.4, -0.2) is 7.11 Å². The summed E-state index contributed by atoms with van der Waals surface area (Å²) in [6, 6.07) is 4.25. The van der Waals surface area contributed by atoms with Gasteiger partial charge in [0.25, 0.3) is 0 Å². The lowest BCUT2D eigenvalue weighted by Gasteiger charge is -2.08. The summed E-state index contributed by atoms with van der Waals surface area (Å²) in [5.74, 6) is 0.956. The van der Waals surface area contributed by atoms with Gasteiger partial charge in [0, 0.05) is 5.56 Å². The predicted molar refractivity (Wildman–Crippen MR) is 61.8 cm³/mol. The zero-order valence-corrected chi connectivity index (χ0v) is 9.42. The van der Waals surface area contributed by atoms with Crippen molar-refractivity contribution in [3.63, 3.8) is 0 Å². The molecule has 0 bridgehead atoms. The average Bonchev–Trinajstić information content (AvgIpc) is 2.19. The van der Waals surface area contributed by atoms with Gasteiger partial charge >= 0.3 is 0 Å². The fraction of sp³-hybridized carbons (Fsp3) is 0.385. The first-order chi connectivity index (χ1) is 6.69. The highest BCUT2D eigenvalue weighted by Gasteiger charge is 2.02. The molecule has 0 aliphatic heterocycles. The van der Waals surface area contributed by atoms with Crippen LogP contribution in [0.15, 0.2) is 18.2 Å². The lowest BCUT2D eigenvalue weighted by Crippen LogP contribution is -1.90. The number of methoxy groups -OCH3 is 1. The fourth-order valence-electron chi connectivity index (χ4n) is 1.36. The Hall–Kier alpha value is -1.24. The topological polar surface area (TPSA) is 9.23 Å². The fourth-order valence-corrected chi connectivity index (χ4v) is 1.36. The van der Waals surface area contributed by atoms with E-state index < -0.39 is 0 Å². The van der Waals surface area contributed by atoms with Crippen molar-refractivity contribution in [2.75, 3.05) is 7.11 Å². The average molecular weight is 190 g/mol. The van der Waals surface area contributed by atoms with Gasteiger partial charge in [-0.1, -0.05) is 19.1 Å². The third-order valence-electron chi connectivity index (χ3n) is 2.38. The van der Waals surface area contributed by atoms with E-state index in [9.17, 15) is 0 Å². The van der Waals surface area contributed by atoms with Gasteiger partial charge in [0.05, 0.1) is 7.11 Å². The van der Waals surface area contributed by atoms with Crippen LogP contribution in [0.2, 0.25) is 0 Å². The maximum Gasteiger partial charge on any atom is 0.126 e. The number of benzene rings is 1. The summed E-state index contributed by atoms with van der Waals surface area (Å²) in [5, 5.41) is 0. The Labute approximate surface area is 86.4 Å². The minimum Gasteiger partial charge on any atom is -0.496 e. The standard InChI is InChI=1S/C13H18O/c1-5-6-7-12-8-10(2)11(3)9-13(12)14-4/h6-9H,5H2,1-4H3. The third-order valence-corrected chi connectivity index (χ3v) is 2.38. The molecule has 0 radical (unpaired) electrons. The summed E-state index contributed by atoms with van der Waals surface area (Å²) in [6.45, 7) is 6.35. The number of aryl methyl sites for hydroxylation is 2. The van der Waals surface area contributed by atoms with Gasteiger partial charge in [-0.3, -0.25) is 0 Å². The van der Waals surface area contributed by atoms with Gasteiger partial charge in [0.2, 0.25) is 0 Å². The molecule has 1 nitrogen and oxygen atoms in total. The Morgan fingerprint density at radius 2 is 1.86 bits per heavy atom. The molecule has 76 valence electrons. The van der Waals surface area contributed by atoms with Crippen molar-refractivity contribution in [2.45, 2.75) is 27.2 Å². The second-order valence-electron chi connectivity index (χ2n) is 3.49. The van der Waals surface area contributed by atoms with E-state index in [1.807, 2.05) is 0 Å². The van der Waals surface area contributed by atoms with Crippen molar-refractivity contribution >= 4 is 6.08 Å². The van der Waals surface area contributed by atoms with Crippen molar-refractivity contribution < 1.29 is 4.74 Å². The van der Waals surface area contributed by atoms with Gasteiger partial charge < -0.3 is 4.74 Å². The van der Waals surface area contributed by atoms with Crippen molar-refractivity contribution in [1.82, 2.24) is 0 Å². The Bertz CT molecular complexity index is 337. The minimum absolute atomic E-state index is 0.956. The van der Waals surface area contributed by atoms with Gasteiger partial charge in [0.15, 0.2) is 0 Å². The molecule has 1 rings (SSSR count). The third kappa shape index (κ3) is 2.38. The van der Waals surface area contributed by atoms with Crippen molar-refractivity contribution in [1.29, 1.82) is 0 Å². The first kappa shape index (κ1) is 10.8. The number of allylic oxidation sites excluding steroid dienone is 1. The maximum absolute atomic E-state index is 5.33. The quantitative estimate of drug-likeness (QED) is 0.705. The summed E-state index contributed by atoms with van der Waals surface area (Å²) in [5.41, 5.74) is 3.74. The molecule has 0 atom stereocenters.